The number of allylic oxidation sites excluding steroid dienone is 5. The van der Waals surface area contributed by atoms with E-state index in [-0.39, 0.29) is 17.0 Å². The normalized spacial score (nSPS) is 21.8. The van der Waals surface area contributed by atoms with Crippen molar-refractivity contribution < 1.29 is 4.39 Å². The monoisotopic (exact) mass is 375 g/mol. The summed E-state index contributed by atoms with van der Waals surface area (Å²) in [5, 5.41) is 3.83. The Balaban J connectivity index is 1.88. The van der Waals surface area contributed by atoms with Gasteiger partial charge in [0.15, 0.2) is 0 Å². The second kappa shape index (κ2) is 7.61. The van der Waals surface area contributed by atoms with Gasteiger partial charge in [-0.2, -0.15) is 0 Å². The highest BCUT2D eigenvalue weighted by Crippen LogP contribution is 2.46. The van der Waals surface area contributed by atoms with E-state index in [0.29, 0.717) is 6.42 Å². The molecule has 27 heavy (non-hydrogen) atoms. The fourth-order valence-electron chi connectivity index (χ4n) is 3.67. The standard InChI is InChI=1S/C24H22FNS/c1-3-19-23(20-9-5-4-8-16(20)2)26-21-10-6-7-11-22(21)27-24(19)17-12-14-18(25)15-13-17/h3-12,14-15,17,24,26H,1,13H2,2H3. The highest BCUT2D eigenvalue weighted by Gasteiger charge is 2.30. The largest absolute Gasteiger partial charge is 0.354 e. The molecule has 0 aromatic heterocycles. The fourth-order valence-corrected chi connectivity index (χ4v) is 5.06. The molecule has 2 unspecified atom stereocenters. The molecule has 1 aliphatic heterocycles. The predicted molar refractivity (Wildman–Crippen MR) is 114 cm³/mol. The zero-order chi connectivity index (χ0) is 18.8. The number of rotatable bonds is 3. The Labute approximate surface area is 164 Å². The topological polar surface area (TPSA) is 12.0 Å². The number of benzene rings is 2. The summed E-state index contributed by atoms with van der Waals surface area (Å²) in [5.74, 6) is 0.0705. The summed E-state index contributed by atoms with van der Waals surface area (Å²) in [6, 6.07) is 16.8. The Hall–Kier alpha value is -2.52. The molecule has 1 aliphatic carbocycles. The number of nitrogens with one attached hydrogen (secondary N) is 1. The first-order chi connectivity index (χ1) is 13.2. The quantitative estimate of drug-likeness (QED) is 0.625. The Kier molecular flexibility index (Phi) is 5.04. The van der Waals surface area contributed by atoms with Crippen molar-refractivity contribution in [2.24, 2.45) is 5.92 Å². The van der Waals surface area contributed by atoms with E-state index < -0.39 is 0 Å². The zero-order valence-electron chi connectivity index (χ0n) is 15.3. The molecule has 1 heterocycles. The van der Waals surface area contributed by atoms with E-state index in [1.807, 2.05) is 30.0 Å². The molecular weight excluding hydrogens is 353 g/mol. The van der Waals surface area contributed by atoms with E-state index in [1.165, 1.54) is 16.0 Å². The van der Waals surface area contributed by atoms with Gasteiger partial charge in [0.1, 0.15) is 5.83 Å². The van der Waals surface area contributed by atoms with E-state index in [9.17, 15) is 4.39 Å². The van der Waals surface area contributed by atoms with Gasteiger partial charge in [0.05, 0.1) is 11.4 Å². The maximum atomic E-state index is 13.5. The smallest absolute Gasteiger partial charge is 0.118 e. The van der Waals surface area contributed by atoms with Crippen molar-refractivity contribution in [1.82, 2.24) is 0 Å². The SMILES string of the molecule is C=CC1=C(c2ccccc2C)Nc2ccccc2SC1C1C=CC(F)=CC1. The summed E-state index contributed by atoms with van der Waals surface area (Å²) in [6.07, 6.45) is 7.93. The summed E-state index contributed by atoms with van der Waals surface area (Å²) in [6.45, 7) is 6.26. The molecule has 2 aliphatic rings. The fraction of sp³-hybridized carbons (Fsp3) is 0.167. The number of hydrogen-bond donors (Lipinski definition) is 1. The third-order valence-electron chi connectivity index (χ3n) is 5.11. The van der Waals surface area contributed by atoms with Crippen molar-refractivity contribution in [1.29, 1.82) is 0 Å². The number of anilines is 1. The van der Waals surface area contributed by atoms with Crippen LogP contribution in [0.1, 0.15) is 17.5 Å². The van der Waals surface area contributed by atoms with Crippen LogP contribution in [-0.2, 0) is 0 Å². The Morgan fingerprint density at radius 3 is 2.67 bits per heavy atom. The van der Waals surface area contributed by atoms with E-state index in [0.717, 1.165) is 17.0 Å². The number of aryl methyl sites for hydroxylation is 1. The molecule has 0 bridgehead atoms. The molecule has 2 atom stereocenters. The minimum absolute atomic E-state index is 0.147. The molecule has 136 valence electrons. The molecule has 0 spiro atoms. The second-order valence-corrected chi connectivity index (χ2v) is 8.04. The van der Waals surface area contributed by atoms with Crippen LogP contribution in [0.5, 0.6) is 0 Å². The van der Waals surface area contributed by atoms with Gasteiger partial charge in [-0.25, -0.2) is 4.39 Å². The van der Waals surface area contributed by atoms with Crippen molar-refractivity contribution in [3.63, 3.8) is 0 Å². The molecule has 0 amide bonds. The Bertz CT molecular complexity index is 970. The van der Waals surface area contributed by atoms with Gasteiger partial charge in [-0.3, -0.25) is 0 Å². The summed E-state index contributed by atoms with van der Waals surface area (Å²) in [7, 11) is 0. The lowest BCUT2D eigenvalue weighted by molar-refractivity contribution is 0.605. The number of hydrogen-bond acceptors (Lipinski definition) is 2. The molecule has 1 nitrogen and oxygen atoms in total. The van der Waals surface area contributed by atoms with Gasteiger partial charge < -0.3 is 5.32 Å². The molecule has 1 N–H and O–H groups in total. The van der Waals surface area contributed by atoms with Gasteiger partial charge in [0.2, 0.25) is 0 Å². The first-order valence-electron chi connectivity index (χ1n) is 9.16. The average molecular weight is 376 g/mol. The summed E-state index contributed by atoms with van der Waals surface area (Å²) < 4.78 is 13.5. The summed E-state index contributed by atoms with van der Waals surface area (Å²) in [4.78, 5) is 1.20. The molecule has 0 saturated carbocycles. The third kappa shape index (κ3) is 3.52. The summed E-state index contributed by atoms with van der Waals surface area (Å²) >= 11 is 1.83. The molecule has 2 aromatic carbocycles. The number of fused-ring (bicyclic) bond motifs is 1. The molecule has 0 saturated heterocycles. The van der Waals surface area contributed by atoms with Crippen LogP contribution >= 0.6 is 11.8 Å². The predicted octanol–water partition coefficient (Wildman–Crippen LogP) is 6.91. The van der Waals surface area contributed by atoms with Crippen molar-refractivity contribution in [2.75, 3.05) is 5.32 Å². The van der Waals surface area contributed by atoms with Crippen LogP contribution in [0, 0.1) is 12.8 Å². The van der Waals surface area contributed by atoms with Crippen LogP contribution in [0.15, 0.2) is 95.7 Å². The molecular formula is C24H22FNS. The van der Waals surface area contributed by atoms with Gasteiger partial charge in [-0.05, 0) is 54.7 Å². The van der Waals surface area contributed by atoms with Gasteiger partial charge in [0, 0.05) is 15.7 Å². The lowest BCUT2D eigenvalue weighted by Gasteiger charge is -2.26. The van der Waals surface area contributed by atoms with E-state index in [4.69, 9.17) is 0 Å². The van der Waals surface area contributed by atoms with Crippen molar-refractivity contribution >= 4 is 23.1 Å². The Morgan fingerprint density at radius 2 is 1.93 bits per heavy atom. The lowest BCUT2D eigenvalue weighted by atomic mass is 9.89. The van der Waals surface area contributed by atoms with E-state index in [1.54, 1.807) is 12.2 Å². The molecule has 4 rings (SSSR count). The number of thioether (sulfide) groups is 1. The Morgan fingerprint density at radius 1 is 1.15 bits per heavy atom. The van der Waals surface area contributed by atoms with Crippen LogP contribution in [0.3, 0.4) is 0 Å². The number of para-hydroxylation sites is 1. The molecule has 0 fully saturated rings. The lowest BCUT2D eigenvalue weighted by Crippen LogP contribution is -2.19. The van der Waals surface area contributed by atoms with Crippen molar-refractivity contribution in [2.45, 2.75) is 23.5 Å². The van der Waals surface area contributed by atoms with E-state index in [2.05, 4.69) is 61.3 Å². The maximum absolute atomic E-state index is 13.5. The van der Waals surface area contributed by atoms with Crippen molar-refractivity contribution in [3.05, 3.63) is 102 Å². The first kappa shape index (κ1) is 17.9. The summed E-state index contributed by atoms with van der Waals surface area (Å²) in [5.41, 5.74) is 5.75. The molecule has 0 radical (unpaired) electrons. The van der Waals surface area contributed by atoms with Gasteiger partial charge in [0.25, 0.3) is 0 Å². The number of halogens is 1. The first-order valence-corrected chi connectivity index (χ1v) is 10.0. The van der Waals surface area contributed by atoms with Crippen LogP contribution in [0.25, 0.3) is 5.70 Å². The van der Waals surface area contributed by atoms with Crippen LogP contribution < -0.4 is 5.32 Å². The minimum atomic E-state index is -0.147. The van der Waals surface area contributed by atoms with Gasteiger partial charge in [-0.15, -0.1) is 11.8 Å². The molecule has 3 heteroatoms. The maximum Gasteiger partial charge on any atom is 0.118 e. The van der Waals surface area contributed by atoms with Crippen LogP contribution in [-0.4, -0.2) is 5.25 Å². The van der Waals surface area contributed by atoms with Crippen LogP contribution in [0.2, 0.25) is 0 Å². The molecule has 2 aromatic rings. The second-order valence-electron chi connectivity index (χ2n) is 6.86. The highest BCUT2D eigenvalue weighted by atomic mass is 32.2. The minimum Gasteiger partial charge on any atom is -0.354 e. The van der Waals surface area contributed by atoms with Crippen molar-refractivity contribution in [3.8, 4) is 0 Å². The van der Waals surface area contributed by atoms with Gasteiger partial charge >= 0.3 is 0 Å². The third-order valence-corrected chi connectivity index (χ3v) is 6.57. The van der Waals surface area contributed by atoms with E-state index >= 15 is 0 Å². The van der Waals surface area contributed by atoms with Crippen LogP contribution in [0.4, 0.5) is 10.1 Å². The highest BCUT2D eigenvalue weighted by molar-refractivity contribution is 8.00. The zero-order valence-corrected chi connectivity index (χ0v) is 16.1. The average Bonchev–Trinajstić information content (AvgIpc) is 2.85. The van der Waals surface area contributed by atoms with Gasteiger partial charge in [-0.1, -0.05) is 55.1 Å².